The number of rotatable bonds is 11. The molecule has 1 aromatic carbocycles. The van der Waals surface area contributed by atoms with E-state index in [0.717, 1.165) is 16.7 Å². The number of thioether (sulfide) groups is 1. The monoisotopic (exact) mass is 410 g/mol. The molecule has 1 rings (SSSR count). The Morgan fingerprint density at radius 3 is 1.80 bits per heavy atom. The molecule has 0 N–H and O–H groups in total. The summed E-state index contributed by atoms with van der Waals surface area (Å²) in [5.74, 6) is -0.396. The molecule has 1 aromatic rings. The summed E-state index contributed by atoms with van der Waals surface area (Å²) in [6.45, 7) is 7.35. The first-order valence-electron chi connectivity index (χ1n) is 8.11. The van der Waals surface area contributed by atoms with Crippen LogP contribution in [0.2, 0.25) is 0 Å². The van der Waals surface area contributed by atoms with Gasteiger partial charge in [-0.05, 0) is 31.9 Å². The van der Waals surface area contributed by atoms with Crippen LogP contribution < -0.4 is 0 Å². The molecule has 0 spiro atoms. The van der Waals surface area contributed by atoms with Crippen LogP contribution >= 0.6 is 27.0 Å². The zero-order valence-corrected chi connectivity index (χ0v) is 18.2. The molecule has 144 valence electrons. The normalized spacial score (nSPS) is 15.3. The lowest BCUT2D eigenvalue weighted by atomic mass is 10.3. The zero-order valence-electron chi connectivity index (χ0n) is 15.6. The Balaban J connectivity index is 3.72. The second-order valence-electron chi connectivity index (χ2n) is 5.42. The van der Waals surface area contributed by atoms with E-state index in [-0.39, 0.29) is 13.2 Å². The maximum Gasteiger partial charge on any atom is 0.359 e. The van der Waals surface area contributed by atoms with Gasteiger partial charge in [0, 0.05) is 19.1 Å². The minimum atomic E-state index is -3.89. The van der Waals surface area contributed by atoms with Gasteiger partial charge < -0.3 is 18.1 Å². The Morgan fingerprint density at radius 2 is 1.44 bits per heavy atom. The minimum Gasteiger partial charge on any atom is -0.311 e. The van der Waals surface area contributed by atoms with Gasteiger partial charge in [-0.1, -0.05) is 43.8 Å². The van der Waals surface area contributed by atoms with Crippen molar-refractivity contribution in [2.75, 3.05) is 27.4 Å². The van der Waals surface area contributed by atoms with Gasteiger partial charge in [0.2, 0.25) is 4.23 Å². The third kappa shape index (κ3) is 4.41. The van der Waals surface area contributed by atoms with Crippen molar-refractivity contribution in [1.82, 2.24) is 0 Å². The standard InChI is InChI=1S/C16H28O6P2S/c1-7-21-24(18,22-8-2)16(14(3)4,23(17,19-5)20-6)25-15-12-10-9-11-13-15/h9-14H,7-8H2,1-6H3. The van der Waals surface area contributed by atoms with Crippen LogP contribution in [0.3, 0.4) is 0 Å². The summed E-state index contributed by atoms with van der Waals surface area (Å²) < 4.78 is 47.7. The van der Waals surface area contributed by atoms with Crippen LogP contribution in [-0.4, -0.2) is 31.7 Å². The van der Waals surface area contributed by atoms with Crippen LogP contribution in [0.15, 0.2) is 35.2 Å². The SMILES string of the molecule is CCOP(=O)(OCC)C(Sc1ccccc1)(C(C)C)P(=O)(OC)OC. The fourth-order valence-corrected chi connectivity index (χ4v) is 10.8. The molecule has 9 heteroatoms. The summed E-state index contributed by atoms with van der Waals surface area (Å²) in [6.07, 6.45) is 0. The van der Waals surface area contributed by atoms with Crippen LogP contribution in [0.5, 0.6) is 0 Å². The predicted molar refractivity (Wildman–Crippen MR) is 102 cm³/mol. The summed E-state index contributed by atoms with van der Waals surface area (Å²) in [6, 6.07) is 9.27. The lowest BCUT2D eigenvalue weighted by Gasteiger charge is -2.43. The molecule has 25 heavy (non-hydrogen) atoms. The topological polar surface area (TPSA) is 71.1 Å². The average Bonchev–Trinajstić information content (AvgIpc) is 2.59. The molecule has 1 unspecified atom stereocenters. The molecule has 0 radical (unpaired) electrons. The van der Waals surface area contributed by atoms with Crippen LogP contribution in [0.25, 0.3) is 0 Å². The van der Waals surface area contributed by atoms with Crippen molar-refractivity contribution in [3.63, 3.8) is 0 Å². The Hall–Kier alpha value is -0.130. The maximum absolute atomic E-state index is 13.8. The largest absolute Gasteiger partial charge is 0.359 e. The van der Waals surface area contributed by atoms with Crippen LogP contribution in [0.1, 0.15) is 27.7 Å². The first-order valence-corrected chi connectivity index (χ1v) is 12.0. The van der Waals surface area contributed by atoms with E-state index in [1.807, 2.05) is 44.2 Å². The minimum absolute atomic E-state index is 0.147. The summed E-state index contributed by atoms with van der Waals surface area (Å²) in [5, 5.41) is 0. The molecule has 0 aromatic heterocycles. The molecule has 0 saturated carbocycles. The molecule has 0 saturated heterocycles. The number of benzene rings is 1. The van der Waals surface area contributed by atoms with Crippen LogP contribution in [-0.2, 0) is 27.2 Å². The summed E-state index contributed by atoms with van der Waals surface area (Å²) in [7, 11) is -5.19. The van der Waals surface area contributed by atoms with Gasteiger partial charge in [-0.25, -0.2) is 0 Å². The van der Waals surface area contributed by atoms with Gasteiger partial charge >= 0.3 is 15.2 Å². The molecular formula is C16H28O6P2S. The van der Waals surface area contributed by atoms with E-state index < -0.39 is 25.3 Å². The van der Waals surface area contributed by atoms with Gasteiger partial charge in [-0.2, -0.15) is 0 Å². The maximum atomic E-state index is 13.8. The van der Waals surface area contributed by atoms with E-state index in [9.17, 15) is 9.13 Å². The van der Waals surface area contributed by atoms with E-state index in [0.29, 0.717) is 0 Å². The van der Waals surface area contributed by atoms with Gasteiger partial charge in [0.1, 0.15) is 0 Å². The van der Waals surface area contributed by atoms with Crippen molar-refractivity contribution in [2.45, 2.75) is 36.8 Å². The lowest BCUT2D eigenvalue weighted by molar-refractivity contribution is 0.198. The van der Waals surface area contributed by atoms with E-state index >= 15 is 0 Å². The average molecular weight is 410 g/mol. The number of hydrogen-bond donors (Lipinski definition) is 0. The molecule has 1 atom stereocenters. The van der Waals surface area contributed by atoms with E-state index in [2.05, 4.69) is 0 Å². The van der Waals surface area contributed by atoms with Crippen molar-refractivity contribution in [3.05, 3.63) is 30.3 Å². The smallest absolute Gasteiger partial charge is 0.311 e. The second-order valence-corrected chi connectivity index (χ2v) is 12.3. The Kier molecular flexibility index (Phi) is 8.89. The fraction of sp³-hybridized carbons (Fsp3) is 0.625. The van der Waals surface area contributed by atoms with E-state index in [1.165, 1.54) is 14.2 Å². The lowest BCUT2D eigenvalue weighted by Crippen LogP contribution is -2.34. The highest BCUT2D eigenvalue weighted by Crippen LogP contribution is 2.84. The Bertz CT molecular complexity index is 606. The zero-order chi connectivity index (χ0) is 19.1. The molecule has 0 aliphatic carbocycles. The van der Waals surface area contributed by atoms with E-state index in [4.69, 9.17) is 18.1 Å². The molecule has 0 fully saturated rings. The van der Waals surface area contributed by atoms with Crippen LogP contribution in [0.4, 0.5) is 0 Å². The first kappa shape index (κ1) is 22.9. The highest BCUT2D eigenvalue weighted by molar-refractivity contribution is 8.14. The van der Waals surface area contributed by atoms with Crippen molar-refractivity contribution < 1.29 is 27.2 Å². The van der Waals surface area contributed by atoms with Crippen LogP contribution in [0, 0.1) is 5.92 Å². The number of hydrogen-bond acceptors (Lipinski definition) is 7. The highest BCUT2D eigenvalue weighted by atomic mass is 32.2. The van der Waals surface area contributed by atoms with Gasteiger partial charge in [0.25, 0.3) is 0 Å². The highest BCUT2D eigenvalue weighted by Gasteiger charge is 2.67. The molecule has 0 aliphatic heterocycles. The third-order valence-corrected chi connectivity index (χ3v) is 13.0. The second kappa shape index (κ2) is 9.70. The van der Waals surface area contributed by atoms with Gasteiger partial charge in [-0.3, -0.25) is 9.13 Å². The van der Waals surface area contributed by atoms with E-state index in [1.54, 1.807) is 13.8 Å². The molecular weight excluding hydrogens is 382 g/mol. The molecule has 0 amide bonds. The first-order chi connectivity index (χ1) is 11.8. The van der Waals surface area contributed by atoms with Crippen molar-refractivity contribution >= 4 is 27.0 Å². The summed E-state index contributed by atoms with van der Waals surface area (Å²) in [5.41, 5.74) is 0. The van der Waals surface area contributed by atoms with Gasteiger partial charge in [0.15, 0.2) is 0 Å². The van der Waals surface area contributed by atoms with Gasteiger partial charge in [0.05, 0.1) is 13.2 Å². The summed E-state index contributed by atoms with van der Waals surface area (Å²) >= 11 is 1.16. The fourth-order valence-electron chi connectivity index (χ4n) is 2.57. The summed E-state index contributed by atoms with van der Waals surface area (Å²) in [4.78, 5) is 0.769. The predicted octanol–water partition coefficient (Wildman–Crippen LogP) is 5.84. The molecule has 0 heterocycles. The van der Waals surface area contributed by atoms with Crippen molar-refractivity contribution in [3.8, 4) is 0 Å². The molecule has 6 nitrogen and oxygen atoms in total. The molecule has 0 aliphatic rings. The van der Waals surface area contributed by atoms with Crippen molar-refractivity contribution in [1.29, 1.82) is 0 Å². The third-order valence-electron chi connectivity index (χ3n) is 3.63. The Morgan fingerprint density at radius 1 is 0.960 bits per heavy atom. The molecule has 0 bridgehead atoms. The van der Waals surface area contributed by atoms with Crippen molar-refractivity contribution in [2.24, 2.45) is 5.92 Å². The van der Waals surface area contributed by atoms with Gasteiger partial charge in [-0.15, -0.1) is 0 Å². The Labute approximate surface area is 155 Å². The quantitative estimate of drug-likeness (QED) is 0.335.